The second-order valence-electron chi connectivity index (χ2n) is 6.64. The van der Waals surface area contributed by atoms with Crippen LogP contribution in [0.2, 0.25) is 0 Å². The highest BCUT2D eigenvalue weighted by atomic mass is 127. The van der Waals surface area contributed by atoms with Gasteiger partial charge in [0.1, 0.15) is 0 Å². The van der Waals surface area contributed by atoms with Crippen LogP contribution in [-0.2, 0) is 0 Å². The summed E-state index contributed by atoms with van der Waals surface area (Å²) in [6.45, 7) is 10.9. The lowest BCUT2D eigenvalue weighted by Gasteiger charge is -2.15. The Labute approximate surface area is 181 Å². The summed E-state index contributed by atoms with van der Waals surface area (Å²) < 4.78 is 0. The van der Waals surface area contributed by atoms with Gasteiger partial charge in [-0.3, -0.25) is 4.99 Å². The normalized spacial score (nSPS) is 16.2. The average molecular weight is 490 g/mol. The number of likely N-dealkylation sites (tertiary alicyclic amines) is 1. The number of guanidine groups is 1. The number of aliphatic imine (C=N–C) groups is 1. The summed E-state index contributed by atoms with van der Waals surface area (Å²) in [4.78, 5) is 8.64. The van der Waals surface area contributed by atoms with Crippen molar-refractivity contribution < 1.29 is 0 Å². The van der Waals surface area contributed by atoms with Gasteiger partial charge in [0.2, 0.25) is 0 Å². The molecule has 6 heteroatoms. The monoisotopic (exact) mass is 490 g/mol. The van der Waals surface area contributed by atoms with Crippen LogP contribution in [-0.4, -0.2) is 55.4 Å². The molecule has 0 aliphatic carbocycles. The zero-order chi connectivity index (χ0) is 17.7. The number of hydrogen-bond acceptors (Lipinski definition) is 3. The Balaban J connectivity index is 0.00000338. The highest BCUT2D eigenvalue weighted by molar-refractivity contribution is 14.0. The van der Waals surface area contributed by atoms with Crippen LogP contribution in [0.25, 0.3) is 0 Å². The molecule has 0 spiro atoms. The van der Waals surface area contributed by atoms with Crippen LogP contribution < -0.4 is 10.6 Å². The SMILES string of the molecule is CCNC(=NCC(C)Sc1ccccc1)NCCCCN1CCCC1.I. The van der Waals surface area contributed by atoms with Crippen molar-refractivity contribution >= 4 is 41.7 Å². The van der Waals surface area contributed by atoms with E-state index in [2.05, 4.69) is 59.7 Å². The molecule has 1 unspecified atom stereocenters. The van der Waals surface area contributed by atoms with Gasteiger partial charge in [-0.2, -0.15) is 0 Å². The molecule has 1 aromatic rings. The molecule has 1 aliphatic heterocycles. The highest BCUT2D eigenvalue weighted by Crippen LogP contribution is 2.22. The molecule has 26 heavy (non-hydrogen) atoms. The number of rotatable bonds is 10. The molecule has 1 aromatic carbocycles. The molecule has 0 amide bonds. The van der Waals surface area contributed by atoms with Crippen LogP contribution in [0.5, 0.6) is 0 Å². The Hall–Kier alpha value is -0.470. The van der Waals surface area contributed by atoms with Gasteiger partial charge < -0.3 is 15.5 Å². The van der Waals surface area contributed by atoms with Gasteiger partial charge in [0, 0.05) is 23.2 Å². The third kappa shape index (κ3) is 10.0. The molecule has 1 heterocycles. The molecule has 2 N–H and O–H groups in total. The van der Waals surface area contributed by atoms with Crippen molar-refractivity contribution in [2.45, 2.75) is 49.7 Å². The number of unbranched alkanes of at least 4 members (excludes halogenated alkanes) is 1. The van der Waals surface area contributed by atoms with Gasteiger partial charge in [-0.05, 0) is 64.4 Å². The number of nitrogens with one attached hydrogen (secondary N) is 2. The van der Waals surface area contributed by atoms with Crippen molar-refractivity contribution in [2.75, 3.05) is 39.3 Å². The molecule has 1 aliphatic rings. The zero-order valence-corrected chi connectivity index (χ0v) is 19.4. The minimum atomic E-state index is 0. The van der Waals surface area contributed by atoms with Gasteiger partial charge in [0.05, 0.1) is 6.54 Å². The summed E-state index contributed by atoms with van der Waals surface area (Å²) >= 11 is 1.88. The fourth-order valence-corrected chi connectivity index (χ4v) is 3.93. The van der Waals surface area contributed by atoms with Crippen LogP contribution in [0.4, 0.5) is 0 Å². The number of nitrogens with zero attached hydrogens (tertiary/aromatic N) is 2. The highest BCUT2D eigenvalue weighted by Gasteiger charge is 2.10. The Kier molecular flexibility index (Phi) is 13.2. The van der Waals surface area contributed by atoms with Crippen LogP contribution >= 0.6 is 35.7 Å². The molecular weight excluding hydrogens is 455 g/mol. The van der Waals surface area contributed by atoms with Gasteiger partial charge in [0.15, 0.2) is 5.96 Å². The number of halogens is 1. The molecule has 148 valence electrons. The Morgan fingerprint density at radius 1 is 1.15 bits per heavy atom. The van der Waals surface area contributed by atoms with E-state index < -0.39 is 0 Å². The van der Waals surface area contributed by atoms with E-state index in [1.54, 1.807) is 0 Å². The van der Waals surface area contributed by atoms with Crippen LogP contribution in [0, 0.1) is 0 Å². The molecule has 0 saturated carbocycles. The zero-order valence-electron chi connectivity index (χ0n) is 16.2. The van der Waals surface area contributed by atoms with Gasteiger partial charge in [-0.25, -0.2) is 0 Å². The second-order valence-corrected chi connectivity index (χ2v) is 8.16. The van der Waals surface area contributed by atoms with Crippen molar-refractivity contribution in [3.63, 3.8) is 0 Å². The summed E-state index contributed by atoms with van der Waals surface area (Å²) in [5.74, 6) is 0.948. The maximum absolute atomic E-state index is 4.75. The van der Waals surface area contributed by atoms with E-state index >= 15 is 0 Å². The molecule has 1 atom stereocenters. The molecular formula is C20H35IN4S. The third-order valence-corrected chi connectivity index (χ3v) is 5.42. The maximum Gasteiger partial charge on any atom is 0.191 e. The number of hydrogen-bond donors (Lipinski definition) is 2. The Morgan fingerprint density at radius 2 is 1.88 bits per heavy atom. The first-order valence-electron chi connectivity index (χ1n) is 9.74. The van der Waals surface area contributed by atoms with Crippen LogP contribution in [0.1, 0.15) is 39.5 Å². The third-order valence-electron chi connectivity index (χ3n) is 4.32. The van der Waals surface area contributed by atoms with Gasteiger partial charge >= 0.3 is 0 Å². The molecule has 2 rings (SSSR count). The van der Waals surface area contributed by atoms with E-state index in [1.165, 1.54) is 50.2 Å². The number of thioether (sulfide) groups is 1. The van der Waals surface area contributed by atoms with Crippen LogP contribution in [0.3, 0.4) is 0 Å². The fourth-order valence-electron chi connectivity index (χ4n) is 3.00. The van der Waals surface area contributed by atoms with E-state index in [4.69, 9.17) is 4.99 Å². The van der Waals surface area contributed by atoms with Gasteiger partial charge in [-0.15, -0.1) is 35.7 Å². The lowest BCUT2D eigenvalue weighted by Crippen LogP contribution is -2.38. The fraction of sp³-hybridized carbons (Fsp3) is 0.650. The van der Waals surface area contributed by atoms with Gasteiger partial charge in [0.25, 0.3) is 0 Å². The van der Waals surface area contributed by atoms with Gasteiger partial charge in [-0.1, -0.05) is 25.1 Å². The van der Waals surface area contributed by atoms with Crippen molar-refractivity contribution in [1.82, 2.24) is 15.5 Å². The van der Waals surface area contributed by atoms with Crippen molar-refractivity contribution in [3.05, 3.63) is 30.3 Å². The van der Waals surface area contributed by atoms with Crippen molar-refractivity contribution in [2.24, 2.45) is 4.99 Å². The van der Waals surface area contributed by atoms with E-state index in [0.29, 0.717) is 5.25 Å². The van der Waals surface area contributed by atoms with E-state index in [-0.39, 0.29) is 24.0 Å². The molecule has 0 bridgehead atoms. The van der Waals surface area contributed by atoms with Crippen LogP contribution in [0.15, 0.2) is 40.2 Å². The predicted molar refractivity (Wildman–Crippen MR) is 126 cm³/mol. The second kappa shape index (κ2) is 14.6. The predicted octanol–water partition coefficient (Wildman–Crippen LogP) is 4.22. The maximum atomic E-state index is 4.75. The standard InChI is InChI=1S/C20H34N4S.HI/c1-3-21-20(22-13-7-8-14-24-15-9-10-16-24)23-17-18(2)25-19-11-5-4-6-12-19;/h4-6,11-12,18H,3,7-10,13-17H2,1-2H3,(H2,21,22,23);1H. The number of benzene rings is 1. The summed E-state index contributed by atoms with van der Waals surface area (Å²) in [5.41, 5.74) is 0. The summed E-state index contributed by atoms with van der Waals surface area (Å²) in [6.07, 6.45) is 5.24. The minimum absolute atomic E-state index is 0. The first kappa shape index (κ1) is 23.6. The van der Waals surface area contributed by atoms with E-state index in [0.717, 1.165) is 25.6 Å². The molecule has 4 nitrogen and oxygen atoms in total. The molecule has 0 aromatic heterocycles. The quantitative estimate of drug-likeness (QED) is 0.170. The van der Waals surface area contributed by atoms with E-state index in [9.17, 15) is 0 Å². The first-order chi connectivity index (χ1) is 12.3. The molecule has 0 radical (unpaired) electrons. The first-order valence-corrected chi connectivity index (χ1v) is 10.6. The largest absolute Gasteiger partial charge is 0.357 e. The summed E-state index contributed by atoms with van der Waals surface area (Å²) in [6, 6.07) is 10.6. The molecule has 1 saturated heterocycles. The Morgan fingerprint density at radius 3 is 2.58 bits per heavy atom. The summed E-state index contributed by atoms with van der Waals surface area (Å²) in [5, 5.41) is 7.30. The van der Waals surface area contributed by atoms with E-state index in [1.807, 2.05) is 11.8 Å². The molecule has 1 fully saturated rings. The summed E-state index contributed by atoms with van der Waals surface area (Å²) in [7, 11) is 0. The Bertz CT molecular complexity index is 492. The minimum Gasteiger partial charge on any atom is -0.357 e. The smallest absolute Gasteiger partial charge is 0.191 e. The lowest BCUT2D eigenvalue weighted by atomic mass is 10.3. The lowest BCUT2D eigenvalue weighted by molar-refractivity contribution is 0.330. The topological polar surface area (TPSA) is 39.7 Å². The average Bonchev–Trinajstić information content (AvgIpc) is 3.13. The van der Waals surface area contributed by atoms with Crippen molar-refractivity contribution in [3.8, 4) is 0 Å². The van der Waals surface area contributed by atoms with Crippen molar-refractivity contribution in [1.29, 1.82) is 0 Å².